The maximum atomic E-state index is 6.10. The summed E-state index contributed by atoms with van der Waals surface area (Å²) >= 11 is 0. The molecule has 0 saturated carbocycles. The summed E-state index contributed by atoms with van der Waals surface area (Å²) in [6.07, 6.45) is 1.91. The molecule has 2 aromatic heterocycles. The van der Waals surface area contributed by atoms with Crippen molar-refractivity contribution in [1.29, 1.82) is 0 Å². The normalized spacial score (nSPS) is 13.9. The summed E-state index contributed by atoms with van der Waals surface area (Å²) in [6.45, 7) is 3.23. The molecule has 0 atom stereocenters. The van der Waals surface area contributed by atoms with E-state index in [2.05, 4.69) is 33.1 Å². The molecule has 3 aromatic rings. The topological polar surface area (TPSA) is 90.3 Å². The van der Waals surface area contributed by atoms with Gasteiger partial charge >= 0.3 is 0 Å². The van der Waals surface area contributed by atoms with Crippen LogP contribution in [0.2, 0.25) is 0 Å². The Balaban J connectivity index is 0.00000210. The molecule has 0 radical (unpaired) electrons. The Bertz CT molecular complexity index is 911. The standard InChI is InChI=1S/C20H21N5O.ClH/c21-18-7-6-17(20(22)24-18)16-4-2-1-3-15(16)14-5-8-19(23-13-14)25-9-11-26-12-10-25;/h1-8,13H,9-12H2,(H4,21,22,24);1H. The van der Waals surface area contributed by atoms with E-state index in [0.717, 1.165) is 54.4 Å². The van der Waals surface area contributed by atoms with Crippen LogP contribution in [0.15, 0.2) is 54.7 Å². The van der Waals surface area contributed by atoms with Crippen molar-refractivity contribution < 1.29 is 4.74 Å². The fourth-order valence-electron chi connectivity index (χ4n) is 3.21. The molecule has 0 spiro atoms. The maximum absolute atomic E-state index is 6.10. The van der Waals surface area contributed by atoms with Crippen molar-refractivity contribution in [2.45, 2.75) is 0 Å². The van der Waals surface area contributed by atoms with Crippen molar-refractivity contribution in [1.82, 2.24) is 9.97 Å². The van der Waals surface area contributed by atoms with E-state index < -0.39 is 0 Å². The number of aromatic nitrogens is 2. The summed E-state index contributed by atoms with van der Waals surface area (Å²) in [7, 11) is 0. The molecule has 4 rings (SSSR count). The monoisotopic (exact) mass is 383 g/mol. The van der Waals surface area contributed by atoms with Crippen LogP contribution in [0.5, 0.6) is 0 Å². The largest absolute Gasteiger partial charge is 0.384 e. The molecular weight excluding hydrogens is 362 g/mol. The Morgan fingerprint density at radius 3 is 2.26 bits per heavy atom. The van der Waals surface area contributed by atoms with Crippen LogP contribution in [0.4, 0.5) is 17.5 Å². The van der Waals surface area contributed by atoms with E-state index in [9.17, 15) is 0 Å². The number of hydrogen-bond acceptors (Lipinski definition) is 6. The molecule has 3 heterocycles. The first-order valence-corrected chi connectivity index (χ1v) is 8.63. The molecule has 6 nitrogen and oxygen atoms in total. The van der Waals surface area contributed by atoms with Gasteiger partial charge in [-0.1, -0.05) is 24.3 Å². The second kappa shape index (κ2) is 8.24. The lowest BCUT2D eigenvalue weighted by molar-refractivity contribution is 0.122. The predicted octanol–water partition coefficient (Wildman–Crippen LogP) is 3.23. The average Bonchev–Trinajstić information content (AvgIpc) is 2.69. The van der Waals surface area contributed by atoms with Gasteiger partial charge in [0.2, 0.25) is 0 Å². The molecular formula is C20H22ClN5O. The number of anilines is 3. The molecule has 140 valence electrons. The SMILES string of the molecule is Cl.Nc1ccc(-c2ccccc2-c2ccc(N3CCOCC3)nc2)c(N)n1. The van der Waals surface area contributed by atoms with Gasteiger partial charge in [0.05, 0.1) is 13.2 Å². The first-order chi connectivity index (χ1) is 12.7. The minimum Gasteiger partial charge on any atom is -0.384 e. The molecule has 1 fully saturated rings. The fraction of sp³-hybridized carbons (Fsp3) is 0.200. The van der Waals surface area contributed by atoms with Crippen molar-refractivity contribution in [3.63, 3.8) is 0 Å². The van der Waals surface area contributed by atoms with Crippen molar-refractivity contribution in [2.75, 3.05) is 42.7 Å². The van der Waals surface area contributed by atoms with Gasteiger partial charge in [0.15, 0.2) is 0 Å². The smallest absolute Gasteiger partial charge is 0.133 e. The quantitative estimate of drug-likeness (QED) is 0.721. The van der Waals surface area contributed by atoms with Crippen LogP contribution in [0.3, 0.4) is 0 Å². The Morgan fingerprint density at radius 1 is 0.852 bits per heavy atom. The fourth-order valence-corrected chi connectivity index (χ4v) is 3.21. The number of rotatable bonds is 3. The Labute approximate surface area is 164 Å². The predicted molar refractivity (Wildman–Crippen MR) is 112 cm³/mol. The van der Waals surface area contributed by atoms with Crippen LogP contribution < -0.4 is 16.4 Å². The van der Waals surface area contributed by atoms with Gasteiger partial charge in [-0.25, -0.2) is 9.97 Å². The molecule has 0 amide bonds. The van der Waals surface area contributed by atoms with Crippen LogP contribution >= 0.6 is 12.4 Å². The lowest BCUT2D eigenvalue weighted by atomic mass is 9.96. The number of benzene rings is 1. The summed E-state index contributed by atoms with van der Waals surface area (Å²) in [4.78, 5) is 11.1. The number of nitrogens with two attached hydrogens (primary N) is 2. The highest BCUT2D eigenvalue weighted by Gasteiger charge is 2.14. The highest BCUT2D eigenvalue weighted by molar-refractivity contribution is 5.87. The van der Waals surface area contributed by atoms with Gasteiger partial charge in [-0.05, 0) is 35.4 Å². The van der Waals surface area contributed by atoms with Crippen LogP contribution in [0.25, 0.3) is 22.3 Å². The van der Waals surface area contributed by atoms with E-state index in [1.54, 1.807) is 6.07 Å². The summed E-state index contributed by atoms with van der Waals surface area (Å²) < 4.78 is 5.40. The highest BCUT2D eigenvalue weighted by Crippen LogP contribution is 2.34. The lowest BCUT2D eigenvalue weighted by Gasteiger charge is -2.27. The summed E-state index contributed by atoms with van der Waals surface area (Å²) in [5.41, 5.74) is 15.8. The third kappa shape index (κ3) is 3.97. The number of nitrogen functional groups attached to an aromatic ring is 2. The summed E-state index contributed by atoms with van der Waals surface area (Å²) in [6, 6.07) is 15.9. The van der Waals surface area contributed by atoms with Gasteiger partial charge < -0.3 is 21.1 Å². The number of morpholine rings is 1. The number of pyridine rings is 2. The van der Waals surface area contributed by atoms with Gasteiger partial charge in [0.1, 0.15) is 17.5 Å². The second-order valence-corrected chi connectivity index (χ2v) is 6.22. The third-order valence-electron chi connectivity index (χ3n) is 4.56. The maximum Gasteiger partial charge on any atom is 0.133 e. The van der Waals surface area contributed by atoms with E-state index in [-0.39, 0.29) is 12.4 Å². The number of nitrogens with zero attached hydrogens (tertiary/aromatic N) is 3. The molecule has 4 N–H and O–H groups in total. The Kier molecular flexibility index (Phi) is 5.78. The molecule has 1 aliphatic rings. The molecule has 0 unspecified atom stereocenters. The third-order valence-corrected chi connectivity index (χ3v) is 4.56. The first-order valence-electron chi connectivity index (χ1n) is 8.63. The number of halogens is 1. The van der Waals surface area contributed by atoms with E-state index in [1.165, 1.54) is 0 Å². The molecule has 27 heavy (non-hydrogen) atoms. The Hall–Kier alpha value is -2.83. The average molecular weight is 384 g/mol. The second-order valence-electron chi connectivity index (χ2n) is 6.22. The number of ether oxygens (including phenoxy) is 1. The molecule has 1 aromatic carbocycles. The van der Waals surface area contributed by atoms with E-state index >= 15 is 0 Å². The lowest BCUT2D eigenvalue weighted by Crippen LogP contribution is -2.36. The van der Waals surface area contributed by atoms with Crippen LogP contribution in [0.1, 0.15) is 0 Å². The molecule has 0 aliphatic carbocycles. The summed E-state index contributed by atoms with van der Waals surface area (Å²) in [5, 5.41) is 0. The van der Waals surface area contributed by atoms with Gasteiger partial charge in [-0.15, -0.1) is 12.4 Å². The molecule has 7 heteroatoms. The van der Waals surface area contributed by atoms with Gasteiger partial charge in [0.25, 0.3) is 0 Å². The minimum absolute atomic E-state index is 0. The molecule has 1 saturated heterocycles. The Morgan fingerprint density at radius 2 is 1.59 bits per heavy atom. The van der Waals surface area contributed by atoms with Crippen LogP contribution in [-0.2, 0) is 4.74 Å². The van der Waals surface area contributed by atoms with E-state index in [4.69, 9.17) is 16.2 Å². The minimum atomic E-state index is 0. The zero-order valence-corrected chi connectivity index (χ0v) is 15.7. The summed E-state index contributed by atoms with van der Waals surface area (Å²) in [5.74, 6) is 1.82. The van der Waals surface area contributed by atoms with Crippen LogP contribution in [0, 0.1) is 0 Å². The highest BCUT2D eigenvalue weighted by atomic mass is 35.5. The first kappa shape index (κ1) is 18.9. The van der Waals surface area contributed by atoms with Gasteiger partial charge in [-0.3, -0.25) is 0 Å². The van der Waals surface area contributed by atoms with Gasteiger partial charge in [0, 0.05) is 30.4 Å². The van der Waals surface area contributed by atoms with E-state index in [1.807, 2.05) is 30.5 Å². The van der Waals surface area contributed by atoms with Crippen molar-refractivity contribution in [3.05, 3.63) is 54.7 Å². The zero-order chi connectivity index (χ0) is 17.9. The van der Waals surface area contributed by atoms with Crippen molar-refractivity contribution >= 4 is 29.9 Å². The number of hydrogen-bond donors (Lipinski definition) is 2. The van der Waals surface area contributed by atoms with Gasteiger partial charge in [-0.2, -0.15) is 0 Å². The van der Waals surface area contributed by atoms with Crippen molar-refractivity contribution in [2.24, 2.45) is 0 Å². The van der Waals surface area contributed by atoms with E-state index in [0.29, 0.717) is 11.6 Å². The zero-order valence-electron chi connectivity index (χ0n) is 14.8. The molecule has 1 aliphatic heterocycles. The van der Waals surface area contributed by atoms with Crippen molar-refractivity contribution in [3.8, 4) is 22.3 Å². The molecule has 0 bridgehead atoms. The van der Waals surface area contributed by atoms with Crippen LogP contribution in [-0.4, -0.2) is 36.3 Å².